The highest BCUT2D eigenvalue weighted by atomic mass is 35.5. The van der Waals surface area contributed by atoms with Crippen LogP contribution in [-0.2, 0) is 9.53 Å². The summed E-state index contributed by atoms with van der Waals surface area (Å²) in [6.07, 6.45) is -3.77. The fourth-order valence-corrected chi connectivity index (χ4v) is 1.55. The molecule has 3 N–H and O–H groups in total. The molecule has 2 unspecified atom stereocenters. The molecule has 0 aliphatic rings. The van der Waals surface area contributed by atoms with E-state index in [4.69, 9.17) is 11.6 Å². The minimum atomic E-state index is -1.94. The molecule has 0 aromatic heterocycles. The van der Waals surface area contributed by atoms with Crippen molar-refractivity contribution in [3.05, 3.63) is 28.5 Å². The Balaban J connectivity index is 3.03. The monoisotopic (exact) mass is 278 g/mol. The molecule has 0 saturated heterocycles. The number of rotatable bonds is 4. The number of carbonyl (C=O) groups excluding carboxylic acids is 1. The number of hydrogen-bond acceptors (Lipinski definition) is 5. The van der Waals surface area contributed by atoms with Crippen LogP contribution in [-0.4, -0.2) is 34.0 Å². The maximum absolute atomic E-state index is 13.1. The van der Waals surface area contributed by atoms with Gasteiger partial charge in [0.15, 0.2) is 6.10 Å². The van der Waals surface area contributed by atoms with Gasteiger partial charge in [-0.25, -0.2) is 9.18 Å². The lowest BCUT2D eigenvalue weighted by molar-refractivity contribution is -0.159. The number of carbonyl (C=O) groups is 1. The number of aromatic hydroxyl groups is 1. The smallest absolute Gasteiger partial charge is 0.338 e. The summed E-state index contributed by atoms with van der Waals surface area (Å²) in [7, 11) is 0. The number of phenolic OH excluding ortho intramolecular Hbond substituents is 1. The van der Waals surface area contributed by atoms with E-state index in [2.05, 4.69) is 4.74 Å². The van der Waals surface area contributed by atoms with Gasteiger partial charge in [0.1, 0.15) is 17.7 Å². The molecule has 2 atom stereocenters. The molecule has 0 amide bonds. The van der Waals surface area contributed by atoms with Crippen molar-refractivity contribution < 1.29 is 29.2 Å². The van der Waals surface area contributed by atoms with E-state index in [1.807, 2.05) is 0 Å². The van der Waals surface area contributed by atoms with Crippen LogP contribution in [0.4, 0.5) is 4.39 Å². The summed E-state index contributed by atoms with van der Waals surface area (Å²) in [5.74, 6) is -2.50. The predicted octanol–water partition coefficient (Wildman–Crippen LogP) is 1.14. The lowest BCUT2D eigenvalue weighted by Crippen LogP contribution is -2.30. The molecule has 1 aromatic rings. The molecule has 1 rings (SSSR count). The van der Waals surface area contributed by atoms with Crippen molar-refractivity contribution in [2.45, 2.75) is 19.1 Å². The minimum absolute atomic E-state index is 0.0124. The summed E-state index contributed by atoms with van der Waals surface area (Å²) in [6, 6.07) is 1.61. The standard InChI is InChI=1S/C11H12ClFO5/c1-2-18-11(17)10(16)9(15)6-3-5(13)4-7(12)8(6)14/h3-4,9-10,14-16H,2H2,1H3. The summed E-state index contributed by atoms with van der Waals surface area (Å²) in [5, 5.41) is 28.4. The molecule has 18 heavy (non-hydrogen) atoms. The quantitative estimate of drug-likeness (QED) is 0.719. The van der Waals surface area contributed by atoms with Gasteiger partial charge in [-0.2, -0.15) is 0 Å². The van der Waals surface area contributed by atoms with E-state index in [-0.39, 0.29) is 17.2 Å². The van der Waals surface area contributed by atoms with Crippen LogP contribution < -0.4 is 0 Å². The fraction of sp³-hybridized carbons (Fsp3) is 0.364. The number of benzene rings is 1. The topological polar surface area (TPSA) is 87.0 Å². The zero-order valence-electron chi connectivity index (χ0n) is 9.43. The van der Waals surface area contributed by atoms with Crippen LogP contribution in [0, 0.1) is 5.82 Å². The SMILES string of the molecule is CCOC(=O)C(O)C(O)c1cc(F)cc(Cl)c1O. The molecule has 100 valence electrons. The van der Waals surface area contributed by atoms with Crippen LogP contribution in [0.25, 0.3) is 0 Å². The highest BCUT2D eigenvalue weighted by Gasteiger charge is 2.30. The Kier molecular flexibility index (Phi) is 4.89. The Morgan fingerprint density at radius 2 is 2.11 bits per heavy atom. The minimum Gasteiger partial charge on any atom is -0.506 e. The summed E-state index contributed by atoms with van der Waals surface area (Å²) in [6.45, 7) is 1.53. The van der Waals surface area contributed by atoms with Gasteiger partial charge in [0.2, 0.25) is 0 Å². The van der Waals surface area contributed by atoms with Gasteiger partial charge in [0, 0.05) is 5.56 Å². The number of phenols is 1. The van der Waals surface area contributed by atoms with Crippen LogP contribution in [0.3, 0.4) is 0 Å². The molecule has 0 saturated carbocycles. The van der Waals surface area contributed by atoms with Gasteiger partial charge in [0.25, 0.3) is 0 Å². The number of esters is 1. The maximum Gasteiger partial charge on any atom is 0.338 e. The molecule has 7 heteroatoms. The molecule has 5 nitrogen and oxygen atoms in total. The zero-order chi connectivity index (χ0) is 13.9. The van der Waals surface area contributed by atoms with Crippen LogP contribution >= 0.6 is 11.6 Å². The molecule has 0 aliphatic heterocycles. The van der Waals surface area contributed by atoms with E-state index in [0.717, 1.165) is 12.1 Å². The summed E-state index contributed by atoms with van der Waals surface area (Å²) < 4.78 is 17.6. The van der Waals surface area contributed by atoms with Crippen LogP contribution in [0.2, 0.25) is 5.02 Å². The molecule has 0 aliphatic carbocycles. The first kappa shape index (κ1) is 14.7. The second-order valence-corrected chi connectivity index (χ2v) is 3.87. The number of ether oxygens (including phenoxy) is 1. The lowest BCUT2D eigenvalue weighted by Gasteiger charge is -2.18. The number of halogens is 2. The van der Waals surface area contributed by atoms with Crippen LogP contribution in [0.1, 0.15) is 18.6 Å². The van der Waals surface area contributed by atoms with E-state index in [1.54, 1.807) is 0 Å². The Morgan fingerprint density at radius 3 is 2.67 bits per heavy atom. The lowest BCUT2D eigenvalue weighted by atomic mass is 10.0. The first-order valence-electron chi connectivity index (χ1n) is 5.09. The van der Waals surface area contributed by atoms with Crippen molar-refractivity contribution in [3.63, 3.8) is 0 Å². The first-order chi connectivity index (χ1) is 8.38. The molecular weight excluding hydrogens is 267 g/mol. The van der Waals surface area contributed by atoms with Crippen molar-refractivity contribution in [2.24, 2.45) is 0 Å². The van der Waals surface area contributed by atoms with Gasteiger partial charge < -0.3 is 20.1 Å². The second-order valence-electron chi connectivity index (χ2n) is 3.47. The van der Waals surface area contributed by atoms with Gasteiger partial charge in [-0.3, -0.25) is 0 Å². The predicted molar refractivity (Wildman–Crippen MR) is 60.7 cm³/mol. The van der Waals surface area contributed by atoms with Crippen molar-refractivity contribution in [2.75, 3.05) is 6.61 Å². The van der Waals surface area contributed by atoms with E-state index in [1.165, 1.54) is 6.92 Å². The zero-order valence-corrected chi connectivity index (χ0v) is 10.2. The molecular formula is C11H12ClFO5. The molecule has 0 heterocycles. The van der Waals surface area contributed by atoms with Gasteiger partial charge in [0.05, 0.1) is 11.6 Å². The van der Waals surface area contributed by atoms with E-state index >= 15 is 0 Å². The molecule has 0 bridgehead atoms. The number of aliphatic hydroxyl groups excluding tert-OH is 2. The number of hydrogen-bond donors (Lipinski definition) is 3. The average molecular weight is 279 g/mol. The van der Waals surface area contributed by atoms with Crippen molar-refractivity contribution >= 4 is 17.6 Å². The number of aliphatic hydroxyl groups is 2. The van der Waals surface area contributed by atoms with Gasteiger partial charge in [-0.15, -0.1) is 0 Å². The Labute approximate surface area is 107 Å². The Hall–Kier alpha value is -1.37. The maximum atomic E-state index is 13.1. The average Bonchev–Trinajstić information content (AvgIpc) is 2.32. The molecule has 0 fully saturated rings. The highest BCUT2D eigenvalue weighted by molar-refractivity contribution is 6.32. The third-order valence-corrected chi connectivity index (χ3v) is 2.49. The third kappa shape index (κ3) is 3.10. The van der Waals surface area contributed by atoms with E-state index in [0.29, 0.717) is 0 Å². The first-order valence-corrected chi connectivity index (χ1v) is 5.47. The summed E-state index contributed by atoms with van der Waals surface area (Å²) in [4.78, 5) is 11.2. The molecule has 0 spiro atoms. The van der Waals surface area contributed by atoms with E-state index < -0.39 is 29.7 Å². The van der Waals surface area contributed by atoms with Crippen molar-refractivity contribution in [1.29, 1.82) is 0 Å². The second kappa shape index (κ2) is 5.99. The Bertz CT molecular complexity index is 451. The van der Waals surface area contributed by atoms with Gasteiger partial charge in [-0.1, -0.05) is 11.6 Å². The van der Waals surface area contributed by atoms with Crippen molar-refractivity contribution in [3.8, 4) is 5.75 Å². The van der Waals surface area contributed by atoms with Crippen LogP contribution in [0.5, 0.6) is 5.75 Å². The van der Waals surface area contributed by atoms with Gasteiger partial charge in [-0.05, 0) is 19.1 Å². The summed E-state index contributed by atoms with van der Waals surface area (Å²) in [5.41, 5.74) is -0.388. The third-order valence-electron chi connectivity index (χ3n) is 2.20. The normalized spacial score (nSPS) is 14.1. The van der Waals surface area contributed by atoms with Crippen LogP contribution in [0.15, 0.2) is 12.1 Å². The molecule has 1 aromatic carbocycles. The van der Waals surface area contributed by atoms with Gasteiger partial charge >= 0.3 is 5.97 Å². The molecule has 0 radical (unpaired) electrons. The van der Waals surface area contributed by atoms with Crippen molar-refractivity contribution in [1.82, 2.24) is 0 Å². The largest absolute Gasteiger partial charge is 0.506 e. The fourth-order valence-electron chi connectivity index (χ4n) is 1.34. The highest BCUT2D eigenvalue weighted by Crippen LogP contribution is 2.34. The van der Waals surface area contributed by atoms with E-state index in [9.17, 15) is 24.5 Å². The summed E-state index contributed by atoms with van der Waals surface area (Å²) >= 11 is 5.51. The Morgan fingerprint density at radius 1 is 1.50 bits per heavy atom.